The summed E-state index contributed by atoms with van der Waals surface area (Å²) < 4.78 is 17.2. The first-order valence-corrected chi connectivity index (χ1v) is 12.0. The Bertz CT molecular complexity index is 901. The van der Waals surface area contributed by atoms with Gasteiger partial charge in [-0.3, -0.25) is 9.69 Å². The van der Waals surface area contributed by atoms with Crippen LogP contribution in [0, 0.1) is 0 Å². The summed E-state index contributed by atoms with van der Waals surface area (Å²) >= 11 is 0. The van der Waals surface area contributed by atoms with Gasteiger partial charge in [0.1, 0.15) is 5.75 Å². The third-order valence-corrected chi connectivity index (χ3v) is 6.39. The Hall–Kier alpha value is -2.41. The molecule has 0 radical (unpaired) electrons. The van der Waals surface area contributed by atoms with E-state index in [1.807, 2.05) is 41.3 Å². The van der Waals surface area contributed by atoms with Gasteiger partial charge >= 0.3 is 0 Å². The summed E-state index contributed by atoms with van der Waals surface area (Å²) in [5, 5.41) is 0. The first kappa shape index (κ1) is 23.7. The number of hydrogen-bond acceptors (Lipinski definition) is 5. The largest absolute Gasteiger partial charge is 0.496 e. The number of benzene rings is 2. The van der Waals surface area contributed by atoms with Crippen molar-refractivity contribution in [2.24, 2.45) is 0 Å². The van der Waals surface area contributed by atoms with Gasteiger partial charge in [0, 0.05) is 50.5 Å². The summed E-state index contributed by atoms with van der Waals surface area (Å²) in [7, 11) is 1.67. The summed E-state index contributed by atoms with van der Waals surface area (Å²) in [5.74, 6) is 0.823. The van der Waals surface area contributed by atoms with E-state index in [-0.39, 0.29) is 24.2 Å². The number of amides is 1. The predicted octanol–water partition coefficient (Wildman–Crippen LogP) is 4.13. The Morgan fingerprint density at radius 3 is 2.48 bits per heavy atom. The van der Waals surface area contributed by atoms with Gasteiger partial charge in [-0.1, -0.05) is 30.3 Å². The van der Waals surface area contributed by atoms with E-state index in [4.69, 9.17) is 14.2 Å². The second-order valence-electron chi connectivity index (χ2n) is 9.28. The number of rotatable bonds is 8. The number of morpholine rings is 1. The lowest BCUT2D eigenvalue weighted by Crippen LogP contribution is -2.44. The molecule has 2 saturated heterocycles. The van der Waals surface area contributed by atoms with Crippen LogP contribution in [-0.2, 0) is 22.6 Å². The Morgan fingerprint density at radius 2 is 1.82 bits per heavy atom. The summed E-state index contributed by atoms with van der Waals surface area (Å²) in [5.41, 5.74) is 2.91. The molecule has 0 bridgehead atoms. The van der Waals surface area contributed by atoms with Gasteiger partial charge in [0.25, 0.3) is 5.91 Å². The number of hydrogen-bond donors (Lipinski definition) is 0. The average molecular weight is 453 g/mol. The molecule has 2 aromatic rings. The summed E-state index contributed by atoms with van der Waals surface area (Å²) in [6, 6.07) is 15.9. The van der Waals surface area contributed by atoms with E-state index in [0.717, 1.165) is 50.4 Å². The van der Waals surface area contributed by atoms with Crippen molar-refractivity contribution in [3.63, 3.8) is 0 Å². The van der Waals surface area contributed by atoms with Crippen molar-refractivity contribution in [3.05, 3.63) is 65.2 Å². The quantitative estimate of drug-likeness (QED) is 0.603. The zero-order chi connectivity index (χ0) is 23.2. The van der Waals surface area contributed by atoms with Crippen LogP contribution in [0.1, 0.15) is 48.2 Å². The lowest BCUT2D eigenvalue weighted by atomic mass is 10.1. The predicted molar refractivity (Wildman–Crippen MR) is 128 cm³/mol. The number of para-hydroxylation sites is 1. The minimum absolute atomic E-state index is 0.0246. The number of nitrogens with zero attached hydrogens (tertiary/aromatic N) is 2. The maximum Gasteiger partial charge on any atom is 0.254 e. The van der Waals surface area contributed by atoms with Crippen LogP contribution >= 0.6 is 0 Å². The lowest BCUT2D eigenvalue weighted by Gasteiger charge is -2.35. The van der Waals surface area contributed by atoms with Crippen LogP contribution in [0.15, 0.2) is 48.5 Å². The van der Waals surface area contributed by atoms with Gasteiger partial charge in [0.05, 0.1) is 25.4 Å². The molecule has 33 heavy (non-hydrogen) atoms. The van der Waals surface area contributed by atoms with Gasteiger partial charge in [-0.2, -0.15) is 0 Å². The molecule has 0 spiro atoms. The zero-order valence-electron chi connectivity index (χ0n) is 20.0. The molecule has 3 unspecified atom stereocenters. The second kappa shape index (κ2) is 11.1. The molecule has 0 N–H and O–H groups in total. The van der Waals surface area contributed by atoms with Crippen molar-refractivity contribution in [2.45, 2.75) is 58.1 Å². The molecule has 3 atom stereocenters. The molecule has 6 nitrogen and oxygen atoms in total. The Balaban J connectivity index is 1.46. The second-order valence-corrected chi connectivity index (χ2v) is 9.28. The Morgan fingerprint density at radius 1 is 1.09 bits per heavy atom. The zero-order valence-corrected chi connectivity index (χ0v) is 20.0. The normalized spacial score (nSPS) is 23.4. The van der Waals surface area contributed by atoms with E-state index in [1.165, 1.54) is 5.56 Å². The van der Waals surface area contributed by atoms with Gasteiger partial charge in [-0.15, -0.1) is 0 Å². The van der Waals surface area contributed by atoms with Crippen molar-refractivity contribution in [2.75, 3.05) is 33.4 Å². The first-order chi connectivity index (χ1) is 16.0. The highest BCUT2D eigenvalue weighted by Crippen LogP contribution is 2.23. The molecular formula is C27H36N2O4. The molecular weight excluding hydrogens is 416 g/mol. The van der Waals surface area contributed by atoms with Crippen LogP contribution < -0.4 is 4.74 Å². The number of methoxy groups -OCH3 is 1. The molecule has 2 aliphatic rings. The number of ether oxygens (including phenoxy) is 3. The standard InChI is InChI=1S/C27H36N2O4/c1-20-15-28(16-21(2)33-20)17-22-10-12-23(13-11-22)27(30)29(19-25-8-6-14-32-25)18-24-7-4-5-9-26(24)31-3/h4-5,7,9-13,20-21,25H,6,8,14-19H2,1-3H3. The minimum atomic E-state index is 0.0246. The molecule has 4 rings (SSSR count). The van der Waals surface area contributed by atoms with Crippen LogP contribution in [0.2, 0.25) is 0 Å². The third kappa shape index (κ3) is 6.34. The number of carbonyl (C=O) groups is 1. The van der Waals surface area contributed by atoms with Crippen LogP contribution in [0.25, 0.3) is 0 Å². The highest BCUT2D eigenvalue weighted by atomic mass is 16.5. The highest BCUT2D eigenvalue weighted by Gasteiger charge is 2.25. The fourth-order valence-electron chi connectivity index (χ4n) is 4.90. The molecule has 2 heterocycles. The molecule has 2 aromatic carbocycles. The van der Waals surface area contributed by atoms with Gasteiger partial charge in [-0.25, -0.2) is 0 Å². The summed E-state index contributed by atoms with van der Waals surface area (Å²) in [6.07, 6.45) is 2.62. The smallest absolute Gasteiger partial charge is 0.254 e. The Kier molecular flexibility index (Phi) is 8.02. The molecule has 2 aliphatic heterocycles. The van der Waals surface area contributed by atoms with Crippen molar-refractivity contribution < 1.29 is 19.0 Å². The molecule has 178 valence electrons. The van der Waals surface area contributed by atoms with Crippen LogP contribution in [0.3, 0.4) is 0 Å². The van der Waals surface area contributed by atoms with Crippen molar-refractivity contribution >= 4 is 5.91 Å². The summed E-state index contributed by atoms with van der Waals surface area (Å²) in [6.45, 7) is 8.82. The third-order valence-electron chi connectivity index (χ3n) is 6.39. The highest BCUT2D eigenvalue weighted by molar-refractivity contribution is 5.94. The van der Waals surface area contributed by atoms with Crippen molar-refractivity contribution in [1.29, 1.82) is 0 Å². The van der Waals surface area contributed by atoms with E-state index < -0.39 is 0 Å². The fourth-order valence-corrected chi connectivity index (χ4v) is 4.90. The van der Waals surface area contributed by atoms with Crippen LogP contribution in [-0.4, -0.2) is 67.4 Å². The molecule has 2 fully saturated rings. The molecule has 0 aromatic heterocycles. The average Bonchev–Trinajstić information content (AvgIpc) is 3.31. The van der Waals surface area contributed by atoms with Gasteiger partial charge in [-0.05, 0) is 50.5 Å². The van der Waals surface area contributed by atoms with Crippen molar-refractivity contribution in [1.82, 2.24) is 9.80 Å². The maximum atomic E-state index is 13.5. The minimum Gasteiger partial charge on any atom is -0.496 e. The maximum absolute atomic E-state index is 13.5. The van der Waals surface area contributed by atoms with Crippen LogP contribution in [0.5, 0.6) is 5.75 Å². The SMILES string of the molecule is COc1ccccc1CN(CC1CCCO1)C(=O)c1ccc(CN2CC(C)OC(C)C2)cc1. The topological polar surface area (TPSA) is 51.2 Å². The monoisotopic (exact) mass is 452 g/mol. The van der Waals surface area contributed by atoms with Gasteiger partial charge in [0.2, 0.25) is 0 Å². The molecule has 6 heteroatoms. The first-order valence-electron chi connectivity index (χ1n) is 12.0. The molecule has 0 aliphatic carbocycles. The van der Waals surface area contributed by atoms with E-state index in [0.29, 0.717) is 18.7 Å². The van der Waals surface area contributed by atoms with E-state index in [2.05, 4.69) is 30.9 Å². The van der Waals surface area contributed by atoms with E-state index in [1.54, 1.807) is 7.11 Å². The van der Waals surface area contributed by atoms with E-state index in [9.17, 15) is 4.79 Å². The Labute approximate surface area is 197 Å². The fraction of sp³-hybridized carbons (Fsp3) is 0.519. The summed E-state index contributed by atoms with van der Waals surface area (Å²) in [4.78, 5) is 17.8. The van der Waals surface area contributed by atoms with Gasteiger partial charge in [0.15, 0.2) is 0 Å². The van der Waals surface area contributed by atoms with E-state index >= 15 is 0 Å². The molecule has 1 amide bonds. The van der Waals surface area contributed by atoms with Gasteiger partial charge < -0.3 is 19.1 Å². The number of carbonyl (C=O) groups excluding carboxylic acids is 1. The molecule has 0 saturated carbocycles. The van der Waals surface area contributed by atoms with Crippen molar-refractivity contribution in [3.8, 4) is 5.75 Å². The van der Waals surface area contributed by atoms with Crippen LogP contribution in [0.4, 0.5) is 0 Å². The lowest BCUT2D eigenvalue weighted by molar-refractivity contribution is -0.0704.